The molecule has 2 aromatic rings. The Kier molecular flexibility index (Phi) is 4.66. The molecule has 0 spiro atoms. The van der Waals surface area contributed by atoms with E-state index in [-0.39, 0.29) is 5.91 Å². The highest BCUT2D eigenvalue weighted by Gasteiger charge is 2.29. The van der Waals surface area contributed by atoms with E-state index < -0.39 is 0 Å². The first-order chi connectivity index (χ1) is 11.1. The highest BCUT2D eigenvalue weighted by Crippen LogP contribution is 2.30. The summed E-state index contributed by atoms with van der Waals surface area (Å²) in [5.41, 5.74) is 9.04. The molecule has 0 aliphatic carbocycles. The van der Waals surface area contributed by atoms with Gasteiger partial charge < -0.3 is 10.6 Å². The van der Waals surface area contributed by atoms with Crippen molar-refractivity contribution in [3.05, 3.63) is 28.0 Å². The van der Waals surface area contributed by atoms with E-state index in [1.807, 2.05) is 18.0 Å². The number of nitrogens with zero attached hydrogens (tertiary/aromatic N) is 3. The smallest absolute Gasteiger partial charge is 0.265 e. The molecule has 0 saturated carbocycles. The Bertz CT molecular complexity index is 692. The first-order valence-corrected chi connectivity index (χ1v) is 9.02. The topological polar surface area (TPSA) is 87.9 Å². The molecule has 1 amide bonds. The summed E-state index contributed by atoms with van der Waals surface area (Å²) in [7, 11) is 0. The Labute approximate surface area is 140 Å². The Morgan fingerprint density at radius 2 is 2.30 bits per heavy atom. The first kappa shape index (κ1) is 16.0. The molecule has 6 nitrogen and oxygen atoms in total. The lowest BCUT2D eigenvalue weighted by Gasteiger charge is -2.32. The highest BCUT2D eigenvalue weighted by molar-refractivity contribution is 7.17. The summed E-state index contributed by atoms with van der Waals surface area (Å²) in [6.07, 6.45) is 5.68. The van der Waals surface area contributed by atoms with Crippen molar-refractivity contribution in [1.82, 2.24) is 20.1 Å². The van der Waals surface area contributed by atoms with Gasteiger partial charge in [-0.05, 0) is 31.2 Å². The largest absolute Gasteiger partial charge is 0.375 e. The van der Waals surface area contributed by atoms with E-state index in [0.717, 1.165) is 44.5 Å². The summed E-state index contributed by atoms with van der Waals surface area (Å²) < 4.78 is 0. The number of nitrogens with two attached hydrogens (primary N) is 1. The number of carbonyl (C=O) groups is 1. The van der Waals surface area contributed by atoms with Gasteiger partial charge >= 0.3 is 0 Å². The van der Waals surface area contributed by atoms with E-state index in [1.54, 1.807) is 0 Å². The Balaban J connectivity index is 1.79. The number of hydrogen-bond acceptors (Lipinski definition) is 5. The van der Waals surface area contributed by atoms with Crippen molar-refractivity contribution in [1.29, 1.82) is 0 Å². The molecule has 1 aliphatic heterocycles. The summed E-state index contributed by atoms with van der Waals surface area (Å²) in [5, 5.41) is 7.78. The van der Waals surface area contributed by atoms with E-state index in [2.05, 4.69) is 22.1 Å². The molecule has 3 heterocycles. The number of aryl methyl sites for hydroxylation is 2. The number of likely N-dealkylation sites (tertiary alicyclic amines) is 1. The maximum absolute atomic E-state index is 12.9. The van der Waals surface area contributed by atoms with Crippen LogP contribution >= 0.6 is 11.3 Å². The number of thiazole rings is 1. The standard InChI is InChI=1S/C16H23N5OS/c1-3-10-8-18-20-13(10)11-6-5-7-21(9-11)15(22)14-12(4-2)19-16(17)23-14/h8,11H,3-7,9H2,1-2H3,(H2,17,19)(H,18,20)/t11-/m0/s1. The van der Waals surface area contributed by atoms with Crippen LogP contribution in [0.5, 0.6) is 0 Å². The van der Waals surface area contributed by atoms with Gasteiger partial charge in [-0.3, -0.25) is 9.89 Å². The van der Waals surface area contributed by atoms with Gasteiger partial charge in [0.05, 0.1) is 11.9 Å². The maximum Gasteiger partial charge on any atom is 0.265 e. The molecule has 0 radical (unpaired) electrons. The zero-order valence-electron chi connectivity index (χ0n) is 13.6. The van der Waals surface area contributed by atoms with E-state index in [9.17, 15) is 4.79 Å². The SMILES string of the molecule is CCc1cn[nH]c1[C@H]1CCCN(C(=O)c2sc(N)nc2CC)C1. The molecule has 124 valence electrons. The second-order valence-corrected chi connectivity index (χ2v) is 6.96. The van der Waals surface area contributed by atoms with Crippen molar-refractivity contribution in [2.45, 2.75) is 45.4 Å². The minimum atomic E-state index is 0.0679. The molecule has 2 aromatic heterocycles. The van der Waals surface area contributed by atoms with Crippen LogP contribution in [0.1, 0.15) is 59.2 Å². The zero-order chi connectivity index (χ0) is 16.4. The number of aromatic amines is 1. The van der Waals surface area contributed by atoms with Gasteiger partial charge in [-0.25, -0.2) is 4.98 Å². The first-order valence-electron chi connectivity index (χ1n) is 8.20. The second-order valence-electron chi connectivity index (χ2n) is 5.93. The fraction of sp³-hybridized carbons (Fsp3) is 0.562. The van der Waals surface area contributed by atoms with Crippen molar-refractivity contribution in [2.24, 2.45) is 0 Å². The molecule has 1 aliphatic rings. The van der Waals surface area contributed by atoms with Crippen LogP contribution in [0.2, 0.25) is 0 Å². The number of anilines is 1. The quantitative estimate of drug-likeness (QED) is 0.900. The number of piperidine rings is 1. The van der Waals surface area contributed by atoms with Crippen molar-refractivity contribution in [2.75, 3.05) is 18.8 Å². The van der Waals surface area contributed by atoms with Gasteiger partial charge in [-0.15, -0.1) is 0 Å². The van der Waals surface area contributed by atoms with Gasteiger partial charge in [0, 0.05) is 24.7 Å². The van der Waals surface area contributed by atoms with E-state index in [1.165, 1.54) is 22.6 Å². The number of hydrogen-bond donors (Lipinski definition) is 2. The van der Waals surface area contributed by atoms with Crippen molar-refractivity contribution < 1.29 is 4.79 Å². The minimum absolute atomic E-state index is 0.0679. The third-order valence-electron chi connectivity index (χ3n) is 4.49. The van der Waals surface area contributed by atoms with Gasteiger partial charge in [0.25, 0.3) is 5.91 Å². The predicted molar refractivity (Wildman–Crippen MR) is 91.7 cm³/mol. The number of carbonyl (C=O) groups excluding carboxylic acids is 1. The van der Waals surface area contributed by atoms with Crippen molar-refractivity contribution in [3.8, 4) is 0 Å². The summed E-state index contributed by atoms with van der Waals surface area (Å²) >= 11 is 1.30. The molecule has 1 atom stereocenters. The van der Waals surface area contributed by atoms with Gasteiger partial charge in [-0.2, -0.15) is 5.10 Å². The number of nitrogens with one attached hydrogen (secondary N) is 1. The zero-order valence-corrected chi connectivity index (χ0v) is 14.4. The molecule has 1 saturated heterocycles. The maximum atomic E-state index is 12.9. The average molecular weight is 333 g/mol. The molecular formula is C16H23N5OS. The van der Waals surface area contributed by atoms with Crippen LogP contribution in [0.25, 0.3) is 0 Å². The number of nitrogen functional groups attached to an aromatic ring is 1. The molecule has 0 bridgehead atoms. The molecule has 23 heavy (non-hydrogen) atoms. The molecule has 0 unspecified atom stereocenters. The monoisotopic (exact) mass is 333 g/mol. The molecule has 0 aromatic carbocycles. The van der Waals surface area contributed by atoms with Crippen LogP contribution in [-0.2, 0) is 12.8 Å². The summed E-state index contributed by atoms with van der Waals surface area (Å²) in [6.45, 7) is 5.66. The van der Waals surface area contributed by atoms with Crippen LogP contribution in [0.4, 0.5) is 5.13 Å². The summed E-state index contributed by atoms with van der Waals surface area (Å²) in [5.74, 6) is 0.402. The van der Waals surface area contributed by atoms with Gasteiger partial charge in [0.15, 0.2) is 5.13 Å². The lowest BCUT2D eigenvalue weighted by Crippen LogP contribution is -2.39. The average Bonchev–Trinajstić information content (AvgIpc) is 3.20. The predicted octanol–water partition coefficient (Wildman–Crippen LogP) is 2.59. The summed E-state index contributed by atoms with van der Waals surface area (Å²) in [6, 6.07) is 0. The number of aromatic nitrogens is 3. The third-order valence-corrected chi connectivity index (χ3v) is 5.41. The normalized spacial score (nSPS) is 18.3. The minimum Gasteiger partial charge on any atom is -0.375 e. The van der Waals surface area contributed by atoms with Crippen molar-refractivity contribution in [3.63, 3.8) is 0 Å². The molecule has 3 rings (SSSR count). The van der Waals surface area contributed by atoms with Gasteiger partial charge in [0.2, 0.25) is 0 Å². The van der Waals surface area contributed by atoms with Crippen LogP contribution in [-0.4, -0.2) is 39.1 Å². The Morgan fingerprint density at radius 3 is 3.04 bits per heavy atom. The van der Waals surface area contributed by atoms with Gasteiger partial charge in [-0.1, -0.05) is 25.2 Å². The van der Waals surface area contributed by atoms with Crippen LogP contribution in [0.3, 0.4) is 0 Å². The van der Waals surface area contributed by atoms with Crippen molar-refractivity contribution >= 4 is 22.4 Å². The molecular weight excluding hydrogens is 310 g/mol. The number of H-pyrrole nitrogens is 1. The van der Waals surface area contributed by atoms with E-state index in [4.69, 9.17) is 5.73 Å². The third kappa shape index (κ3) is 3.10. The van der Waals surface area contributed by atoms with Gasteiger partial charge in [0.1, 0.15) is 4.88 Å². The molecule has 7 heteroatoms. The lowest BCUT2D eigenvalue weighted by molar-refractivity contribution is 0.0709. The Morgan fingerprint density at radius 1 is 1.48 bits per heavy atom. The van der Waals surface area contributed by atoms with Crippen LogP contribution in [0.15, 0.2) is 6.20 Å². The second kappa shape index (κ2) is 6.70. The lowest BCUT2D eigenvalue weighted by atomic mass is 9.92. The molecule has 1 fully saturated rings. The fourth-order valence-electron chi connectivity index (χ4n) is 3.27. The molecule has 3 N–H and O–H groups in total. The van der Waals surface area contributed by atoms with Crippen LogP contribution in [0, 0.1) is 0 Å². The number of rotatable bonds is 4. The van der Waals surface area contributed by atoms with Crippen LogP contribution < -0.4 is 5.73 Å². The summed E-state index contributed by atoms with van der Waals surface area (Å²) in [4.78, 5) is 19.8. The van der Waals surface area contributed by atoms with E-state index >= 15 is 0 Å². The fourth-order valence-corrected chi connectivity index (χ4v) is 4.16. The van der Waals surface area contributed by atoms with E-state index in [0.29, 0.717) is 15.9 Å². The highest BCUT2D eigenvalue weighted by atomic mass is 32.1. The number of amides is 1. The Hall–Kier alpha value is -1.89.